The molecule has 0 aromatic heterocycles. The molecule has 0 fully saturated rings. The third kappa shape index (κ3) is 5.20. The zero-order valence-electron chi connectivity index (χ0n) is 14.7. The Morgan fingerprint density at radius 1 is 0.808 bits per heavy atom. The van der Waals surface area contributed by atoms with Crippen molar-refractivity contribution < 1.29 is 4.39 Å². The van der Waals surface area contributed by atoms with Gasteiger partial charge in [0, 0.05) is 13.1 Å². The third-order valence-electron chi connectivity index (χ3n) is 3.94. The van der Waals surface area contributed by atoms with Gasteiger partial charge in [0.05, 0.1) is 5.69 Å². The number of aliphatic imine (C=N–C) groups is 1. The standard InChI is InChI=1S/C22H21FN2S/c1-26-22(24-21-14-12-20(23)13-15-21)25(16-18-8-4-2-5-9-18)17-19-10-6-3-7-11-19/h2-15H,16-17H2,1H3. The zero-order valence-corrected chi connectivity index (χ0v) is 15.5. The molecule has 3 aromatic rings. The van der Waals surface area contributed by atoms with Crippen molar-refractivity contribution in [3.63, 3.8) is 0 Å². The van der Waals surface area contributed by atoms with E-state index in [4.69, 9.17) is 4.99 Å². The first kappa shape index (κ1) is 18.2. The fraction of sp³-hybridized carbons (Fsp3) is 0.136. The number of halogens is 1. The molecular formula is C22H21FN2S. The summed E-state index contributed by atoms with van der Waals surface area (Å²) < 4.78 is 13.2. The van der Waals surface area contributed by atoms with E-state index in [1.54, 1.807) is 23.9 Å². The van der Waals surface area contributed by atoms with Gasteiger partial charge >= 0.3 is 0 Å². The van der Waals surface area contributed by atoms with Crippen LogP contribution in [0.3, 0.4) is 0 Å². The van der Waals surface area contributed by atoms with E-state index in [2.05, 4.69) is 29.2 Å². The first-order chi connectivity index (χ1) is 12.7. The summed E-state index contributed by atoms with van der Waals surface area (Å²) in [4.78, 5) is 7.00. The van der Waals surface area contributed by atoms with Crippen LogP contribution in [0.25, 0.3) is 0 Å². The molecule has 0 heterocycles. The van der Waals surface area contributed by atoms with E-state index < -0.39 is 0 Å². The number of amidine groups is 1. The van der Waals surface area contributed by atoms with Crippen molar-refractivity contribution in [3.8, 4) is 0 Å². The molecule has 0 saturated heterocycles. The van der Waals surface area contributed by atoms with E-state index in [9.17, 15) is 4.39 Å². The topological polar surface area (TPSA) is 15.6 Å². The summed E-state index contributed by atoms with van der Waals surface area (Å²) in [6.45, 7) is 1.52. The maximum Gasteiger partial charge on any atom is 0.164 e. The predicted octanol–water partition coefficient (Wildman–Crippen LogP) is 5.88. The van der Waals surface area contributed by atoms with Gasteiger partial charge in [0.2, 0.25) is 0 Å². The van der Waals surface area contributed by atoms with Gasteiger partial charge in [-0.3, -0.25) is 0 Å². The van der Waals surface area contributed by atoms with Gasteiger partial charge < -0.3 is 4.90 Å². The van der Waals surface area contributed by atoms with Crippen molar-refractivity contribution in [3.05, 3.63) is 102 Å². The Hall–Kier alpha value is -2.59. The van der Waals surface area contributed by atoms with Crippen LogP contribution >= 0.6 is 11.8 Å². The van der Waals surface area contributed by atoms with Gasteiger partial charge in [0.1, 0.15) is 5.82 Å². The van der Waals surface area contributed by atoms with Crippen LogP contribution in [0, 0.1) is 5.82 Å². The Kier molecular flexibility index (Phi) is 6.45. The molecule has 0 aliphatic rings. The summed E-state index contributed by atoms with van der Waals surface area (Å²) in [5.74, 6) is -0.250. The van der Waals surface area contributed by atoms with Crippen LogP contribution in [0.4, 0.5) is 10.1 Å². The molecule has 0 aliphatic heterocycles. The average Bonchev–Trinajstić information content (AvgIpc) is 2.69. The highest BCUT2D eigenvalue weighted by Gasteiger charge is 2.12. The lowest BCUT2D eigenvalue weighted by atomic mass is 10.2. The molecule has 3 aromatic carbocycles. The Morgan fingerprint density at radius 3 is 1.77 bits per heavy atom. The molecule has 4 heteroatoms. The summed E-state index contributed by atoms with van der Waals surface area (Å²) >= 11 is 1.60. The number of rotatable bonds is 5. The molecule has 0 unspecified atom stereocenters. The third-order valence-corrected chi connectivity index (χ3v) is 4.65. The minimum atomic E-state index is -0.250. The van der Waals surface area contributed by atoms with Gasteiger partial charge in [0.15, 0.2) is 5.17 Å². The second-order valence-corrected chi connectivity index (χ2v) is 6.68. The fourth-order valence-corrected chi connectivity index (χ4v) is 3.25. The quantitative estimate of drug-likeness (QED) is 0.415. The summed E-state index contributed by atoms with van der Waals surface area (Å²) in [6.07, 6.45) is 2.02. The van der Waals surface area contributed by atoms with Crippen LogP contribution in [-0.4, -0.2) is 16.3 Å². The minimum Gasteiger partial charge on any atom is -0.343 e. The highest BCUT2D eigenvalue weighted by Crippen LogP contribution is 2.20. The molecule has 0 aliphatic carbocycles. The lowest BCUT2D eigenvalue weighted by Gasteiger charge is -2.25. The van der Waals surface area contributed by atoms with Crippen LogP contribution in [0.5, 0.6) is 0 Å². The van der Waals surface area contributed by atoms with E-state index in [1.165, 1.54) is 23.3 Å². The van der Waals surface area contributed by atoms with Crippen LogP contribution in [0.15, 0.2) is 89.9 Å². The van der Waals surface area contributed by atoms with Crippen LogP contribution in [0.2, 0.25) is 0 Å². The normalized spacial score (nSPS) is 11.4. The zero-order chi connectivity index (χ0) is 18.2. The Bertz CT molecular complexity index is 792. The van der Waals surface area contributed by atoms with Gasteiger partial charge in [-0.1, -0.05) is 72.4 Å². The Morgan fingerprint density at radius 2 is 1.31 bits per heavy atom. The number of nitrogens with zero attached hydrogens (tertiary/aromatic N) is 2. The number of hydrogen-bond donors (Lipinski definition) is 0. The van der Waals surface area contributed by atoms with Gasteiger partial charge in [0.25, 0.3) is 0 Å². The van der Waals surface area contributed by atoms with E-state index in [1.807, 2.05) is 42.7 Å². The lowest BCUT2D eigenvalue weighted by Crippen LogP contribution is -2.27. The first-order valence-electron chi connectivity index (χ1n) is 8.45. The molecule has 0 atom stereocenters. The summed E-state index contributed by atoms with van der Waals surface area (Å²) in [6, 6.07) is 27.0. The molecule has 3 rings (SSSR count). The highest BCUT2D eigenvalue weighted by atomic mass is 32.2. The maximum atomic E-state index is 13.2. The predicted molar refractivity (Wildman–Crippen MR) is 109 cm³/mol. The van der Waals surface area contributed by atoms with Gasteiger partial charge in [-0.25, -0.2) is 9.38 Å². The maximum absolute atomic E-state index is 13.2. The molecule has 0 radical (unpaired) electrons. The summed E-state index contributed by atoms with van der Waals surface area (Å²) in [5.41, 5.74) is 3.20. The highest BCUT2D eigenvalue weighted by molar-refractivity contribution is 8.13. The van der Waals surface area contributed by atoms with E-state index in [0.29, 0.717) is 0 Å². The van der Waals surface area contributed by atoms with Crippen molar-refractivity contribution in [1.82, 2.24) is 4.90 Å². The Balaban J connectivity index is 1.89. The SMILES string of the molecule is CSC(=Nc1ccc(F)cc1)N(Cc1ccccc1)Cc1ccccc1. The van der Waals surface area contributed by atoms with Crippen molar-refractivity contribution >= 4 is 22.6 Å². The second-order valence-electron chi connectivity index (χ2n) is 5.90. The molecule has 132 valence electrons. The number of hydrogen-bond acceptors (Lipinski definition) is 2. The second kappa shape index (κ2) is 9.20. The number of benzene rings is 3. The van der Waals surface area contributed by atoms with Crippen molar-refractivity contribution in [1.29, 1.82) is 0 Å². The molecule has 0 saturated carbocycles. The van der Waals surface area contributed by atoms with Crippen LogP contribution in [0.1, 0.15) is 11.1 Å². The molecule has 26 heavy (non-hydrogen) atoms. The molecule has 0 bridgehead atoms. The molecular weight excluding hydrogens is 343 g/mol. The van der Waals surface area contributed by atoms with Gasteiger partial charge in [-0.15, -0.1) is 0 Å². The monoisotopic (exact) mass is 364 g/mol. The fourth-order valence-electron chi connectivity index (χ4n) is 2.67. The van der Waals surface area contributed by atoms with Gasteiger partial charge in [-0.2, -0.15) is 0 Å². The van der Waals surface area contributed by atoms with E-state index >= 15 is 0 Å². The smallest absolute Gasteiger partial charge is 0.164 e. The van der Waals surface area contributed by atoms with E-state index in [-0.39, 0.29) is 5.82 Å². The van der Waals surface area contributed by atoms with Crippen molar-refractivity contribution in [2.24, 2.45) is 4.99 Å². The van der Waals surface area contributed by atoms with Gasteiger partial charge in [-0.05, 0) is 41.6 Å². The van der Waals surface area contributed by atoms with Crippen LogP contribution in [-0.2, 0) is 13.1 Å². The van der Waals surface area contributed by atoms with Crippen LogP contribution < -0.4 is 0 Å². The molecule has 0 amide bonds. The first-order valence-corrected chi connectivity index (χ1v) is 9.68. The Labute approximate surface area is 158 Å². The average molecular weight is 364 g/mol. The number of thioether (sulfide) groups is 1. The van der Waals surface area contributed by atoms with Crippen molar-refractivity contribution in [2.45, 2.75) is 13.1 Å². The molecule has 0 N–H and O–H groups in total. The largest absolute Gasteiger partial charge is 0.343 e. The minimum absolute atomic E-state index is 0.250. The summed E-state index contributed by atoms with van der Waals surface area (Å²) in [7, 11) is 0. The lowest BCUT2D eigenvalue weighted by molar-refractivity contribution is 0.415. The molecule has 2 nitrogen and oxygen atoms in total. The molecule has 0 spiro atoms. The van der Waals surface area contributed by atoms with Crippen molar-refractivity contribution in [2.75, 3.05) is 6.26 Å². The summed E-state index contributed by atoms with van der Waals surface area (Å²) in [5, 5.41) is 0.907. The van der Waals surface area contributed by atoms with E-state index in [0.717, 1.165) is 23.9 Å².